The first kappa shape index (κ1) is 19.9. The van der Waals surface area contributed by atoms with Gasteiger partial charge in [-0.3, -0.25) is 9.69 Å². The van der Waals surface area contributed by atoms with Crippen LogP contribution in [-0.2, 0) is 4.79 Å². The van der Waals surface area contributed by atoms with Gasteiger partial charge in [-0.1, -0.05) is 17.7 Å². The number of nitrogens with one attached hydrogen (secondary N) is 3. The minimum absolute atomic E-state index is 0.216. The summed E-state index contributed by atoms with van der Waals surface area (Å²) < 4.78 is 0. The van der Waals surface area contributed by atoms with Crippen molar-refractivity contribution in [2.24, 2.45) is 0 Å². The lowest BCUT2D eigenvalue weighted by molar-refractivity contribution is -0.110. The number of rotatable bonds is 3. The maximum atomic E-state index is 12.7. The third-order valence-corrected chi connectivity index (χ3v) is 5.62. The first-order chi connectivity index (χ1) is 15.5. The van der Waals surface area contributed by atoms with Gasteiger partial charge in [-0.15, -0.1) is 0 Å². The molecule has 1 aromatic heterocycles. The molecule has 0 aliphatic carbocycles. The third kappa shape index (κ3) is 3.61. The third-order valence-electron chi connectivity index (χ3n) is 5.37. The zero-order chi connectivity index (χ0) is 22.2. The van der Waals surface area contributed by atoms with Crippen molar-refractivity contribution in [3.8, 4) is 0 Å². The van der Waals surface area contributed by atoms with Crippen LogP contribution in [-0.4, -0.2) is 40.9 Å². The van der Waals surface area contributed by atoms with Gasteiger partial charge in [-0.2, -0.15) is 0 Å². The summed E-state index contributed by atoms with van der Waals surface area (Å²) >= 11 is 5.91. The molecule has 2 aromatic carbocycles. The Balaban J connectivity index is 1.31. The van der Waals surface area contributed by atoms with Crippen LogP contribution < -0.4 is 15.5 Å². The summed E-state index contributed by atoms with van der Waals surface area (Å²) in [5.41, 5.74) is 3.85. The van der Waals surface area contributed by atoms with Crippen molar-refractivity contribution in [1.82, 2.24) is 9.88 Å². The van der Waals surface area contributed by atoms with E-state index in [1.54, 1.807) is 54.7 Å². The van der Waals surface area contributed by atoms with Gasteiger partial charge in [0.1, 0.15) is 0 Å². The molecule has 32 heavy (non-hydrogen) atoms. The maximum absolute atomic E-state index is 12.7. The quantitative estimate of drug-likeness (QED) is 0.510. The molecule has 0 unspecified atom stereocenters. The fourth-order valence-electron chi connectivity index (χ4n) is 3.78. The Morgan fingerprint density at radius 1 is 1.06 bits per heavy atom. The first-order valence-electron chi connectivity index (χ1n) is 9.96. The number of urea groups is 2. The van der Waals surface area contributed by atoms with E-state index in [0.29, 0.717) is 34.2 Å². The Hall–Kier alpha value is -4.04. The summed E-state index contributed by atoms with van der Waals surface area (Å²) in [5, 5.41) is 6.13. The summed E-state index contributed by atoms with van der Waals surface area (Å²) in [6, 6.07) is 14.8. The largest absolute Gasteiger partial charge is 0.362 e. The van der Waals surface area contributed by atoms with Crippen LogP contribution in [0.2, 0.25) is 5.02 Å². The Bertz CT molecular complexity index is 1250. The van der Waals surface area contributed by atoms with Gasteiger partial charge in [0.05, 0.1) is 17.8 Å². The molecule has 5 rings (SSSR count). The molecule has 2 aliphatic rings. The zero-order valence-electron chi connectivity index (χ0n) is 16.8. The summed E-state index contributed by atoms with van der Waals surface area (Å²) in [7, 11) is 0. The topological polar surface area (TPSA) is 97.5 Å². The number of fused-ring (bicyclic) bond motifs is 1. The number of aromatic nitrogens is 1. The molecule has 3 heterocycles. The standard InChI is InChI=1S/C23H18ClN5O3/c24-14-3-6-17(7-4-14)28-10-11-29(23(28)32)22(31)26-16-5-8-18-19(12-15-2-1-9-25-15)21(30)27-20(18)13-16/h1-9,12-13,25H,10-11H2,(H,26,31)(H,27,30)/b19-12-. The molecule has 2 aliphatic heterocycles. The normalized spacial score (nSPS) is 16.5. The molecule has 0 spiro atoms. The average Bonchev–Trinajstić information content (AvgIpc) is 3.49. The summed E-state index contributed by atoms with van der Waals surface area (Å²) in [6.07, 6.45) is 3.56. The second kappa shape index (κ2) is 7.90. The summed E-state index contributed by atoms with van der Waals surface area (Å²) in [6.45, 7) is 0.652. The van der Waals surface area contributed by atoms with E-state index in [9.17, 15) is 14.4 Å². The predicted molar refractivity (Wildman–Crippen MR) is 124 cm³/mol. The molecule has 160 valence electrons. The highest BCUT2D eigenvalue weighted by molar-refractivity contribution is 6.35. The monoisotopic (exact) mass is 447 g/mol. The number of nitrogens with zero attached hydrogens (tertiary/aromatic N) is 2. The van der Waals surface area contributed by atoms with Crippen molar-refractivity contribution < 1.29 is 14.4 Å². The number of carbonyl (C=O) groups is 3. The zero-order valence-corrected chi connectivity index (χ0v) is 17.5. The van der Waals surface area contributed by atoms with Gasteiger partial charge in [-0.05, 0) is 54.6 Å². The van der Waals surface area contributed by atoms with Crippen LogP contribution in [0, 0.1) is 0 Å². The Morgan fingerprint density at radius 3 is 2.62 bits per heavy atom. The SMILES string of the molecule is O=C1Nc2cc(NC(=O)N3CCN(c4ccc(Cl)cc4)C3=O)ccc2/C1=C/c1ccc[nH]1. The molecule has 0 bridgehead atoms. The second-order valence-electron chi connectivity index (χ2n) is 7.39. The Morgan fingerprint density at radius 2 is 1.88 bits per heavy atom. The number of amides is 5. The minimum Gasteiger partial charge on any atom is -0.362 e. The van der Waals surface area contributed by atoms with Gasteiger partial charge in [0, 0.05) is 40.4 Å². The Labute approximate surface area is 188 Å². The number of anilines is 3. The molecule has 3 N–H and O–H groups in total. The fraction of sp³-hybridized carbons (Fsp3) is 0.0870. The van der Waals surface area contributed by atoms with Crippen LogP contribution in [0.3, 0.4) is 0 Å². The summed E-state index contributed by atoms with van der Waals surface area (Å²) in [5.74, 6) is -0.216. The van der Waals surface area contributed by atoms with E-state index in [1.165, 1.54) is 4.90 Å². The van der Waals surface area contributed by atoms with Crippen LogP contribution >= 0.6 is 11.6 Å². The van der Waals surface area contributed by atoms with Crippen molar-refractivity contribution in [2.45, 2.75) is 0 Å². The van der Waals surface area contributed by atoms with Gasteiger partial charge < -0.3 is 15.6 Å². The van der Waals surface area contributed by atoms with Crippen LogP contribution in [0.25, 0.3) is 11.6 Å². The highest BCUT2D eigenvalue weighted by Crippen LogP contribution is 2.35. The van der Waals surface area contributed by atoms with E-state index in [-0.39, 0.29) is 12.5 Å². The van der Waals surface area contributed by atoms with Crippen molar-refractivity contribution in [3.05, 3.63) is 77.1 Å². The van der Waals surface area contributed by atoms with Crippen molar-refractivity contribution in [3.63, 3.8) is 0 Å². The van der Waals surface area contributed by atoms with Crippen LogP contribution in [0.5, 0.6) is 0 Å². The van der Waals surface area contributed by atoms with E-state index < -0.39 is 12.1 Å². The molecular weight excluding hydrogens is 430 g/mol. The van der Waals surface area contributed by atoms with E-state index in [0.717, 1.165) is 16.2 Å². The average molecular weight is 448 g/mol. The van der Waals surface area contributed by atoms with Crippen molar-refractivity contribution in [1.29, 1.82) is 0 Å². The van der Waals surface area contributed by atoms with E-state index in [1.807, 2.05) is 12.1 Å². The first-order valence-corrected chi connectivity index (χ1v) is 10.3. The maximum Gasteiger partial charge on any atom is 0.332 e. The van der Waals surface area contributed by atoms with Gasteiger partial charge in [-0.25, -0.2) is 14.5 Å². The van der Waals surface area contributed by atoms with Crippen LogP contribution in [0.1, 0.15) is 11.3 Å². The lowest BCUT2D eigenvalue weighted by Gasteiger charge is -2.18. The smallest absolute Gasteiger partial charge is 0.332 e. The van der Waals surface area contributed by atoms with E-state index >= 15 is 0 Å². The van der Waals surface area contributed by atoms with Gasteiger partial charge >= 0.3 is 12.1 Å². The molecule has 0 atom stereocenters. The summed E-state index contributed by atoms with van der Waals surface area (Å²) in [4.78, 5) is 43.6. The molecule has 0 radical (unpaired) electrons. The number of hydrogen-bond acceptors (Lipinski definition) is 3. The molecule has 8 nitrogen and oxygen atoms in total. The van der Waals surface area contributed by atoms with Gasteiger partial charge in [0.15, 0.2) is 0 Å². The Kier molecular flexibility index (Phi) is 4.91. The molecule has 3 aromatic rings. The van der Waals surface area contributed by atoms with Gasteiger partial charge in [0.2, 0.25) is 0 Å². The number of carbonyl (C=O) groups excluding carboxylic acids is 3. The molecular formula is C23H18ClN5O3. The molecule has 1 fully saturated rings. The van der Waals surface area contributed by atoms with Crippen LogP contribution in [0.15, 0.2) is 60.8 Å². The van der Waals surface area contributed by atoms with Crippen LogP contribution in [0.4, 0.5) is 26.7 Å². The predicted octanol–water partition coefficient (Wildman–Crippen LogP) is 4.63. The molecule has 5 amide bonds. The lowest BCUT2D eigenvalue weighted by Crippen LogP contribution is -2.39. The highest BCUT2D eigenvalue weighted by Gasteiger charge is 2.34. The number of hydrogen-bond donors (Lipinski definition) is 3. The lowest BCUT2D eigenvalue weighted by atomic mass is 10.1. The van der Waals surface area contributed by atoms with E-state index in [4.69, 9.17) is 11.6 Å². The molecule has 0 saturated carbocycles. The minimum atomic E-state index is -0.530. The second-order valence-corrected chi connectivity index (χ2v) is 7.83. The number of H-pyrrole nitrogens is 1. The number of benzene rings is 2. The van der Waals surface area contributed by atoms with Gasteiger partial charge in [0.25, 0.3) is 5.91 Å². The number of halogens is 1. The van der Waals surface area contributed by atoms with E-state index in [2.05, 4.69) is 15.6 Å². The van der Waals surface area contributed by atoms with Crippen molar-refractivity contribution in [2.75, 3.05) is 28.6 Å². The number of aromatic amines is 1. The molecule has 1 saturated heterocycles. The van der Waals surface area contributed by atoms with Crippen molar-refractivity contribution >= 4 is 58.3 Å². The fourth-order valence-corrected chi connectivity index (χ4v) is 3.91. The number of imide groups is 1. The highest BCUT2D eigenvalue weighted by atomic mass is 35.5. The molecule has 9 heteroatoms.